The van der Waals surface area contributed by atoms with Crippen molar-refractivity contribution in [1.82, 2.24) is 9.78 Å². The number of carbonyl (C=O) groups is 1. The van der Waals surface area contributed by atoms with E-state index in [1.165, 1.54) is 0 Å². The van der Waals surface area contributed by atoms with Crippen molar-refractivity contribution in [1.29, 1.82) is 0 Å². The lowest BCUT2D eigenvalue weighted by molar-refractivity contribution is -0.144. The fraction of sp³-hybridized carbons (Fsp3) is 0.417. The summed E-state index contributed by atoms with van der Waals surface area (Å²) in [5.41, 5.74) is 0.721. The Balaban J connectivity index is 2.53. The Morgan fingerprint density at radius 2 is 2.26 bits per heavy atom. The largest absolute Gasteiger partial charge is 0.465 e. The van der Waals surface area contributed by atoms with Gasteiger partial charge in [0.05, 0.1) is 12.0 Å². The van der Waals surface area contributed by atoms with Crippen LogP contribution in [0.25, 0.3) is 11.0 Å². The van der Waals surface area contributed by atoms with Crippen molar-refractivity contribution in [3.8, 4) is 0 Å². The number of aromatic nitrogens is 2. The third-order valence-corrected chi connectivity index (χ3v) is 2.98. The van der Waals surface area contributed by atoms with Gasteiger partial charge in [-0.05, 0) is 29.3 Å². The summed E-state index contributed by atoms with van der Waals surface area (Å²) in [5, 5.41) is 4.55. The van der Waals surface area contributed by atoms with Crippen LogP contribution in [0.1, 0.15) is 19.5 Å². The van der Waals surface area contributed by atoms with Gasteiger partial charge in [-0.1, -0.05) is 6.92 Å². The second kappa shape index (κ2) is 5.56. The summed E-state index contributed by atoms with van der Waals surface area (Å²) < 4.78 is 11.8. The van der Waals surface area contributed by atoms with Gasteiger partial charge in [-0.25, -0.2) is 4.68 Å². The van der Waals surface area contributed by atoms with Crippen molar-refractivity contribution in [3.05, 3.63) is 26.8 Å². The molecule has 0 aliphatic heterocycles. The molecule has 0 radical (unpaired) electrons. The molecule has 6 nitrogen and oxygen atoms in total. The van der Waals surface area contributed by atoms with Crippen LogP contribution >= 0.6 is 15.9 Å². The molecule has 0 atom stereocenters. The molecule has 7 heteroatoms. The van der Waals surface area contributed by atoms with E-state index in [0.29, 0.717) is 27.8 Å². The average Bonchev–Trinajstić information content (AvgIpc) is 2.75. The smallest absolute Gasteiger partial charge is 0.327 e. The third kappa shape index (κ3) is 2.70. The van der Waals surface area contributed by atoms with E-state index in [0.717, 1.165) is 4.68 Å². The minimum atomic E-state index is -0.485. The molecule has 2 aromatic rings. The minimum Gasteiger partial charge on any atom is -0.465 e. The number of nitrogens with zero attached hydrogens (tertiary/aromatic N) is 2. The average molecular weight is 329 g/mol. The maximum atomic E-state index is 12.2. The van der Waals surface area contributed by atoms with Crippen LogP contribution < -0.4 is 5.56 Å². The first kappa shape index (κ1) is 13.8. The van der Waals surface area contributed by atoms with Gasteiger partial charge in [-0.3, -0.25) is 9.59 Å². The number of hydrogen-bond donors (Lipinski definition) is 0. The lowest BCUT2D eigenvalue weighted by atomic mass is 10.2. The number of halogens is 1. The topological polar surface area (TPSA) is 74.3 Å². The Morgan fingerprint density at radius 1 is 1.53 bits per heavy atom. The Labute approximate surface area is 117 Å². The first-order chi connectivity index (χ1) is 9.06. The van der Waals surface area contributed by atoms with Crippen molar-refractivity contribution >= 4 is 32.9 Å². The summed E-state index contributed by atoms with van der Waals surface area (Å²) in [6.45, 7) is 3.69. The molecule has 2 rings (SSSR count). The molecule has 0 amide bonds. The van der Waals surface area contributed by atoms with Gasteiger partial charge in [0, 0.05) is 6.07 Å². The number of carbonyl (C=O) groups excluding carboxylic acids is 1. The summed E-state index contributed by atoms with van der Waals surface area (Å²) in [5.74, 6) is -0.485. The lowest BCUT2D eigenvalue weighted by Crippen LogP contribution is -2.28. The van der Waals surface area contributed by atoms with Gasteiger partial charge in [-0.15, -0.1) is 0 Å². The molecule has 0 aliphatic carbocycles. The fourth-order valence-corrected chi connectivity index (χ4v) is 2.17. The molecular weight excluding hydrogens is 316 g/mol. The monoisotopic (exact) mass is 328 g/mol. The molecule has 0 N–H and O–H groups in total. The first-order valence-corrected chi connectivity index (χ1v) is 6.70. The quantitative estimate of drug-likeness (QED) is 0.801. The van der Waals surface area contributed by atoms with Crippen LogP contribution in [0.2, 0.25) is 0 Å². The number of aryl methyl sites for hydroxylation is 1. The number of rotatable bonds is 4. The molecular formula is C12H13BrN2O4. The van der Waals surface area contributed by atoms with Crippen LogP contribution in [0.15, 0.2) is 19.9 Å². The lowest BCUT2D eigenvalue weighted by Gasteiger charge is -2.06. The zero-order valence-electron chi connectivity index (χ0n) is 10.6. The molecule has 0 aromatic carbocycles. The zero-order valence-corrected chi connectivity index (χ0v) is 12.2. The van der Waals surface area contributed by atoms with Crippen LogP contribution in [-0.2, 0) is 22.5 Å². The molecule has 19 heavy (non-hydrogen) atoms. The zero-order chi connectivity index (χ0) is 14.0. The van der Waals surface area contributed by atoms with Crippen LogP contribution in [0.4, 0.5) is 0 Å². The highest BCUT2D eigenvalue weighted by molar-refractivity contribution is 9.10. The number of ether oxygens (including phenoxy) is 1. The van der Waals surface area contributed by atoms with Gasteiger partial charge in [0.25, 0.3) is 5.56 Å². The van der Waals surface area contributed by atoms with E-state index >= 15 is 0 Å². The summed E-state index contributed by atoms with van der Waals surface area (Å²) in [4.78, 5) is 23.6. The number of fused-ring (bicyclic) bond motifs is 1. The number of hydrogen-bond acceptors (Lipinski definition) is 5. The van der Waals surface area contributed by atoms with E-state index in [9.17, 15) is 9.59 Å². The Hall–Kier alpha value is -1.63. The van der Waals surface area contributed by atoms with E-state index in [2.05, 4.69) is 21.0 Å². The summed E-state index contributed by atoms with van der Waals surface area (Å²) in [7, 11) is 0. The Kier molecular flexibility index (Phi) is 4.04. The molecule has 0 bridgehead atoms. The highest BCUT2D eigenvalue weighted by Crippen LogP contribution is 2.22. The van der Waals surface area contributed by atoms with E-state index in [-0.39, 0.29) is 18.7 Å². The van der Waals surface area contributed by atoms with Gasteiger partial charge < -0.3 is 9.15 Å². The van der Waals surface area contributed by atoms with E-state index in [4.69, 9.17) is 9.15 Å². The van der Waals surface area contributed by atoms with Crippen molar-refractivity contribution < 1.29 is 13.9 Å². The van der Waals surface area contributed by atoms with Crippen molar-refractivity contribution in [3.63, 3.8) is 0 Å². The van der Waals surface area contributed by atoms with Gasteiger partial charge in [0.1, 0.15) is 12.2 Å². The molecule has 0 saturated carbocycles. The van der Waals surface area contributed by atoms with Crippen LogP contribution in [0.5, 0.6) is 0 Å². The SMILES string of the molecule is CCOC(=O)Cn1nc(CC)c2oc(Br)cc2c1=O. The summed E-state index contributed by atoms with van der Waals surface area (Å²) in [6.07, 6.45) is 0.597. The van der Waals surface area contributed by atoms with Gasteiger partial charge in [0.2, 0.25) is 0 Å². The second-order valence-corrected chi connectivity index (χ2v) is 4.64. The van der Waals surface area contributed by atoms with E-state index in [1.54, 1.807) is 13.0 Å². The van der Waals surface area contributed by atoms with Crippen molar-refractivity contribution in [2.75, 3.05) is 6.61 Å². The second-order valence-electron chi connectivity index (χ2n) is 3.86. The van der Waals surface area contributed by atoms with Gasteiger partial charge >= 0.3 is 5.97 Å². The molecule has 0 fully saturated rings. The Morgan fingerprint density at radius 3 is 2.89 bits per heavy atom. The molecule has 0 aliphatic rings. The maximum absolute atomic E-state index is 12.2. The van der Waals surface area contributed by atoms with E-state index < -0.39 is 5.97 Å². The molecule has 2 aromatic heterocycles. The summed E-state index contributed by atoms with van der Waals surface area (Å²) >= 11 is 3.19. The first-order valence-electron chi connectivity index (χ1n) is 5.91. The third-order valence-electron chi connectivity index (χ3n) is 2.59. The van der Waals surface area contributed by atoms with Crippen LogP contribution in [-0.4, -0.2) is 22.4 Å². The maximum Gasteiger partial charge on any atom is 0.327 e. The standard InChI is InChI=1S/C12H13BrN2O4/c1-3-8-11-7(5-9(13)19-11)12(17)15(14-8)6-10(16)18-4-2/h5H,3-4,6H2,1-2H3. The number of esters is 1. The van der Waals surface area contributed by atoms with Gasteiger partial charge in [-0.2, -0.15) is 5.10 Å². The molecule has 102 valence electrons. The molecule has 0 spiro atoms. The highest BCUT2D eigenvalue weighted by atomic mass is 79.9. The minimum absolute atomic E-state index is 0.196. The molecule has 0 unspecified atom stereocenters. The predicted molar refractivity (Wildman–Crippen MR) is 72.0 cm³/mol. The summed E-state index contributed by atoms with van der Waals surface area (Å²) in [6, 6.07) is 1.58. The predicted octanol–water partition coefficient (Wildman–Crippen LogP) is 1.88. The van der Waals surface area contributed by atoms with Crippen molar-refractivity contribution in [2.45, 2.75) is 26.8 Å². The van der Waals surface area contributed by atoms with Crippen LogP contribution in [0, 0.1) is 0 Å². The number of furan rings is 1. The normalized spacial score (nSPS) is 10.9. The molecule has 2 heterocycles. The fourth-order valence-electron chi connectivity index (χ4n) is 1.78. The Bertz CT molecular complexity index is 674. The van der Waals surface area contributed by atoms with Crippen molar-refractivity contribution in [2.24, 2.45) is 0 Å². The van der Waals surface area contributed by atoms with Gasteiger partial charge in [0.15, 0.2) is 10.3 Å². The highest BCUT2D eigenvalue weighted by Gasteiger charge is 2.16. The van der Waals surface area contributed by atoms with Crippen LogP contribution in [0.3, 0.4) is 0 Å². The van der Waals surface area contributed by atoms with E-state index in [1.807, 2.05) is 6.92 Å². The molecule has 0 saturated heterocycles.